The first kappa shape index (κ1) is 33.3. The largest absolute Gasteiger partial charge is 0.495 e. The average Bonchev–Trinajstić information content (AvgIpc) is 2.97. The molecule has 0 spiro atoms. The van der Waals surface area contributed by atoms with Crippen LogP contribution < -0.4 is 14.4 Å². The minimum absolute atomic E-state index is 0.0171. The number of amides is 2. The Kier molecular flexibility index (Phi) is 11.5. The molecule has 11 nitrogen and oxygen atoms in total. The normalized spacial score (nSPS) is 12.6. The quantitative estimate of drug-likeness (QED) is 0.203. The van der Waals surface area contributed by atoms with E-state index in [9.17, 15) is 28.1 Å². The second-order valence-electron chi connectivity index (χ2n) is 10.1. The van der Waals surface area contributed by atoms with Gasteiger partial charge in [-0.1, -0.05) is 61.0 Å². The third kappa shape index (κ3) is 9.16. The van der Waals surface area contributed by atoms with E-state index < -0.39 is 39.3 Å². The van der Waals surface area contributed by atoms with Crippen molar-refractivity contribution in [3.8, 4) is 5.75 Å². The zero-order valence-electron chi connectivity index (χ0n) is 24.4. The van der Waals surface area contributed by atoms with Crippen LogP contribution in [0.3, 0.4) is 0 Å². The summed E-state index contributed by atoms with van der Waals surface area (Å²) in [5, 5.41) is 14.9. The first-order valence-electron chi connectivity index (χ1n) is 13.5. The molecule has 2 atom stereocenters. The van der Waals surface area contributed by atoms with Gasteiger partial charge in [-0.2, -0.15) is 0 Å². The van der Waals surface area contributed by atoms with E-state index in [4.69, 9.17) is 16.3 Å². The number of benzene rings is 3. The van der Waals surface area contributed by atoms with Gasteiger partial charge in [-0.05, 0) is 42.7 Å². The smallest absolute Gasteiger partial charge is 0.271 e. The number of halogens is 1. The second kappa shape index (κ2) is 14.8. The lowest BCUT2D eigenvalue weighted by molar-refractivity contribution is -0.384. The highest BCUT2D eigenvalue weighted by molar-refractivity contribution is 7.92. The van der Waals surface area contributed by atoms with Crippen molar-refractivity contribution in [2.45, 2.75) is 45.3 Å². The second-order valence-corrected chi connectivity index (χ2v) is 12.4. The number of carbonyl (C=O) groups excluding carboxylic acids is 2. The number of nitrogens with zero attached hydrogens (tertiary/aromatic N) is 3. The molecular weight excluding hydrogens is 596 g/mol. The fourth-order valence-electron chi connectivity index (χ4n) is 4.36. The molecule has 230 valence electrons. The topological polar surface area (TPSA) is 139 Å². The van der Waals surface area contributed by atoms with E-state index in [1.54, 1.807) is 24.3 Å². The highest BCUT2D eigenvalue weighted by atomic mass is 35.5. The van der Waals surface area contributed by atoms with E-state index in [-0.39, 0.29) is 36.1 Å². The molecule has 3 rings (SSSR count). The van der Waals surface area contributed by atoms with Crippen LogP contribution in [0.4, 0.5) is 11.4 Å². The number of methoxy groups -OCH3 is 1. The minimum atomic E-state index is -4.16. The Morgan fingerprint density at radius 1 is 1.05 bits per heavy atom. The maximum atomic E-state index is 14.2. The lowest BCUT2D eigenvalue weighted by Crippen LogP contribution is -2.54. The van der Waals surface area contributed by atoms with Gasteiger partial charge in [0.15, 0.2) is 0 Å². The lowest BCUT2D eigenvalue weighted by Gasteiger charge is -2.34. The number of nitro groups is 1. The Balaban J connectivity index is 2.13. The summed E-state index contributed by atoms with van der Waals surface area (Å²) in [7, 11) is -2.88. The van der Waals surface area contributed by atoms with Crippen molar-refractivity contribution in [2.24, 2.45) is 0 Å². The molecular formula is C30H35ClN4O7S. The van der Waals surface area contributed by atoms with Crippen LogP contribution >= 0.6 is 11.6 Å². The SMILES string of the molecule is CCC(C)NC(=O)C(Cc1ccccc1)N(Cc1ccc(Cl)cc1)C(=O)CN(c1cc([N+](=O)[O-])ccc1OC)S(C)(=O)=O. The highest BCUT2D eigenvalue weighted by Gasteiger charge is 2.34. The number of carbonyl (C=O) groups is 2. The standard InChI is InChI=1S/C30H35ClN4O7S/c1-5-21(2)32-30(37)27(17-22-9-7-6-8-10-22)33(19-23-11-13-24(31)14-12-23)29(36)20-34(43(4,40)41)26-18-25(35(38)39)15-16-28(26)42-3/h6-16,18,21,27H,5,17,19-20H2,1-4H3,(H,32,37). The van der Waals surface area contributed by atoms with Gasteiger partial charge in [-0.15, -0.1) is 0 Å². The van der Waals surface area contributed by atoms with Crippen LogP contribution in [-0.4, -0.2) is 62.0 Å². The Hall–Kier alpha value is -4.16. The zero-order valence-corrected chi connectivity index (χ0v) is 26.0. The number of anilines is 1. The molecule has 0 aliphatic heterocycles. The van der Waals surface area contributed by atoms with Crippen LogP contribution in [0.25, 0.3) is 0 Å². The van der Waals surface area contributed by atoms with Gasteiger partial charge in [0.25, 0.3) is 5.69 Å². The fraction of sp³-hybridized carbons (Fsp3) is 0.333. The van der Waals surface area contributed by atoms with Crippen LogP contribution in [0, 0.1) is 10.1 Å². The number of nitrogens with one attached hydrogen (secondary N) is 1. The molecule has 2 amide bonds. The van der Waals surface area contributed by atoms with E-state index in [0.717, 1.165) is 22.2 Å². The molecule has 3 aromatic carbocycles. The summed E-state index contributed by atoms with van der Waals surface area (Å²) in [6, 6.07) is 18.2. The number of non-ortho nitro benzene ring substituents is 1. The van der Waals surface area contributed by atoms with Gasteiger partial charge in [0, 0.05) is 36.2 Å². The molecule has 13 heteroatoms. The van der Waals surface area contributed by atoms with E-state index in [1.165, 1.54) is 24.1 Å². The molecule has 0 heterocycles. The third-order valence-corrected chi connectivity index (χ3v) is 8.24. The van der Waals surface area contributed by atoms with Crippen LogP contribution in [0.15, 0.2) is 72.8 Å². The average molecular weight is 631 g/mol. The molecule has 0 fully saturated rings. The maximum Gasteiger partial charge on any atom is 0.271 e. The van der Waals surface area contributed by atoms with E-state index in [2.05, 4.69) is 5.32 Å². The van der Waals surface area contributed by atoms with Gasteiger partial charge in [-0.25, -0.2) is 8.42 Å². The van der Waals surface area contributed by atoms with Gasteiger partial charge in [-0.3, -0.25) is 24.0 Å². The lowest BCUT2D eigenvalue weighted by atomic mass is 10.0. The monoisotopic (exact) mass is 630 g/mol. The van der Waals surface area contributed by atoms with E-state index >= 15 is 0 Å². The molecule has 0 saturated carbocycles. The van der Waals surface area contributed by atoms with Crippen molar-refractivity contribution in [1.82, 2.24) is 10.2 Å². The Bertz CT molecular complexity index is 1540. The number of hydrogen-bond donors (Lipinski definition) is 1. The highest BCUT2D eigenvalue weighted by Crippen LogP contribution is 2.34. The Morgan fingerprint density at radius 2 is 1.70 bits per heavy atom. The summed E-state index contributed by atoms with van der Waals surface area (Å²) in [4.78, 5) is 40.1. The summed E-state index contributed by atoms with van der Waals surface area (Å²) in [6.45, 7) is 2.99. The van der Waals surface area contributed by atoms with Gasteiger partial charge in [0.2, 0.25) is 21.8 Å². The number of hydrogen-bond acceptors (Lipinski definition) is 7. The van der Waals surface area contributed by atoms with Crippen LogP contribution in [0.5, 0.6) is 5.75 Å². The van der Waals surface area contributed by atoms with Crippen LogP contribution in [0.1, 0.15) is 31.4 Å². The van der Waals surface area contributed by atoms with Gasteiger partial charge >= 0.3 is 0 Å². The first-order valence-corrected chi connectivity index (χ1v) is 15.7. The minimum Gasteiger partial charge on any atom is -0.495 e. The van der Waals surface area contributed by atoms with Crippen LogP contribution in [-0.2, 0) is 32.6 Å². The number of nitro benzene ring substituents is 1. The summed E-state index contributed by atoms with van der Waals surface area (Å²) in [6.07, 6.45) is 1.70. The van der Waals surface area contributed by atoms with Crippen molar-refractivity contribution in [3.05, 3.63) is 99.1 Å². The van der Waals surface area contributed by atoms with Gasteiger partial charge < -0.3 is 15.0 Å². The van der Waals surface area contributed by atoms with Crippen molar-refractivity contribution in [1.29, 1.82) is 0 Å². The van der Waals surface area contributed by atoms with Crippen molar-refractivity contribution >= 4 is 44.8 Å². The van der Waals surface area contributed by atoms with Crippen molar-refractivity contribution < 1.29 is 27.7 Å². The molecule has 1 N–H and O–H groups in total. The first-order chi connectivity index (χ1) is 20.3. The van der Waals surface area contributed by atoms with Crippen molar-refractivity contribution in [2.75, 3.05) is 24.2 Å². The number of rotatable bonds is 14. The maximum absolute atomic E-state index is 14.2. The van der Waals surface area contributed by atoms with E-state index in [1.807, 2.05) is 44.2 Å². The molecule has 0 radical (unpaired) electrons. The van der Waals surface area contributed by atoms with Crippen LogP contribution in [0.2, 0.25) is 5.02 Å². The molecule has 2 unspecified atom stereocenters. The Labute approximate surface area is 256 Å². The molecule has 3 aromatic rings. The van der Waals surface area contributed by atoms with Gasteiger partial charge in [0.1, 0.15) is 24.0 Å². The molecule has 0 saturated heterocycles. The predicted molar refractivity (Wildman–Crippen MR) is 166 cm³/mol. The van der Waals surface area contributed by atoms with Gasteiger partial charge in [0.05, 0.1) is 18.3 Å². The molecule has 0 bridgehead atoms. The summed E-state index contributed by atoms with van der Waals surface area (Å²) in [5.74, 6) is -1.09. The Morgan fingerprint density at radius 3 is 2.26 bits per heavy atom. The molecule has 0 aliphatic rings. The summed E-state index contributed by atoms with van der Waals surface area (Å²) >= 11 is 6.08. The summed E-state index contributed by atoms with van der Waals surface area (Å²) < 4.78 is 32.1. The molecule has 0 aliphatic carbocycles. The molecule has 43 heavy (non-hydrogen) atoms. The third-order valence-electron chi connectivity index (χ3n) is 6.86. The molecule has 0 aromatic heterocycles. The predicted octanol–water partition coefficient (Wildman–Crippen LogP) is 4.58. The number of ether oxygens (including phenoxy) is 1. The fourth-order valence-corrected chi connectivity index (χ4v) is 5.33. The van der Waals surface area contributed by atoms with Crippen molar-refractivity contribution in [3.63, 3.8) is 0 Å². The summed E-state index contributed by atoms with van der Waals surface area (Å²) in [5.41, 5.74) is 0.888. The zero-order chi connectivity index (χ0) is 31.7. The number of sulfonamides is 1. The van der Waals surface area contributed by atoms with E-state index in [0.29, 0.717) is 17.0 Å².